The molecule has 0 spiro atoms. The number of carbonyl (C=O) groups excluding carboxylic acids is 1. The van der Waals surface area contributed by atoms with Gasteiger partial charge >= 0.3 is 0 Å². The molecule has 5 heteroatoms. The number of benzene rings is 2. The second-order valence-electron chi connectivity index (χ2n) is 7.44. The van der Waals surface area contributed by atoms with Gasteiger partial charge in [0.1, 0.15) is 6.04 Å². The first-order chi connectivity index (χ1) is 13.2. The van der Waals surface area contributed by atoms with Crippen molar-refractivity contribution in [2.24, 2.45) is 0 Å². The fourth-order valence-corrected chi connectivity index (χ4v) is 3.88. The standard InChI is InChI=1S/C22H27N3O2/c1-16-4-2-7-19-13-20(24-21(16)19)22(26)23-14-17-5-3-6-18(12-17)15-25-8-10-27-11-9-25/h2-7,12,20,24H,8-11,13-15H2,1H3,(H,23,26). The van der Waals surface area contributed by atoms with Gasteiger partial charge in [0.05, 0.1) is 13.2 Å². The summed E-state index contributed by atoms with van der Waals surface area (Å²) in [5.41, 5.74) is 5.96. The molecule has 2 aliphatic rings. The van der Waals surface area contributed by atoms with Gasteiger partial charge in [-0.25, -0.2) is 0 Å². The van der Waals surface area contributed by atoms with Crippen molar-refractivity contribution in [1.82, 2.24) is 10.2 Å². The fraction of sp³-hybridized carbons (Fsp3) is 0.409. The first-order valence-corrected chi connectivity index (χ1v) is 9.70. The van der Waals surface area contributed by atoms with E-state index in [0.717, 1.165) is 50.5 Å². The van der Waals surface area contributed by atoms with Gasteiger partial charge < -0.3 is 15.4 Å². The Morgan fingerprint density at radius 1 is 1.19 bits per heavy atom. The first-order valence-electron chi connectivity index (χ1n) is 9.70. The van der Waals surface area contributed by atoms with Crippen LogP contribution in [0.15, 0.2) is 42.5 Å². The summed E-state index contributed by atoms with van der Waals surface area (Å²) >= 11 is 0. The van der Waals surface area contributed by atoms with E-state index in [2.05, 4.69) is 64.9 Å². The maximum atomic E-state index is 12.6. The number of amides is 1. The van der Waals surface area contributed by atoms with E-state index in [1.807, 2.05) is 0 Å². The van der Waals surface area contributed by atoms with Gasteiger partial charge in [0.2, 0.25) is 5.91 Å². The van der Waals surface area contributed by atoms with Gasteiger partial charge in [-0.05, 0) is 29.2 Å². The minimum atomic E-state index is -0.183. The van der Waals surface area contributed by atoms with Crippen LogP contribution < -0.4 is 10.6 Å². The van der Waals surface area contributed by atoms with Crippen molar-refractivity contribution in [3.8, 4) is 0 Å². The lowest BCUT2D eigenvalue weighted by atomic mass is 10.1. The molecular weight excluding hydrogens is 338 g/mol. The molecule has 0 saturated carbocycles. The zero-order chi connectivity index (χ0) is 18.6. The van der Waals surface area contributed by atoms with Crippen LogP contribution in [-0.4, -0.2) is 43.2 Å². The number of hydrogen-bond acceptors (Lipinski definition) is 4. The molecule has 5 nitrogen and oxygen atoms in total. The maximum Gasteiger partial charge on any atom is 0.243 e. The van der Waals surface area contributed by atoms with Gasteiger partial charge in [-0.3, -0.25) is 9.69 Å². The Labute approximate surface area is 160 Å². The van der Waals surface area contributed by atoms with Gasteiger partial charge in [-0.1, -0.05) is 42.5 Å². The van der Waals surface area contributed by atoms with E-state index in [9.17, 15) is 4.79 Å². The predicted molar refractivity (Wildman–Crippen MR) is 107 cm³/mol. The second-order valence-corrected chi connectivity index (χ2v) is 7.44. The second kappa shape index (κ2) is 8.11. The molecule has 0 aliphatic carbocycles. The summed E-state index contributed by atoms with van der Waals surface area (Å²) in [6.45, 7) is 7.15. The third-order valence-electron chi connectivity index (χ3n) is 5.39. The molecule has 0 bridgehead atoms. The minimum Gasteiger partial charge on any atom is -0.379 e. The Morgan fingerprint density at radius 2 is 1.96 bits per heavy atom. The van der Waals surface area contributed by atoms with E-state index >= 15 is 0 Å². The largest absolute Gasteiger partial charge is 0.379 e. The fourth-order valence-electron chi connectivity index (χ4n) is 3.88. The molecule has 2 aromatic rings. The molecular formula is C22H27N3O2. The van der Waals surface area contributed by atoms with E-state index in [-0.39, 0.29) is 11.9 Å². The van der Waals surface area contributed by atoms with Crippen molar-refractivity contribution in [2.45, 2.75) is 32.5 Å². The average Bonchev–Trinajstić information content (AvgIpc) is 3.13. The molecule has 1 amide bonds. The average molecular weight is 365 g/mol. The monoisotopic (exact) mass is 365 g/mol. The summed E-state index contributed by atoms with van der Waals surface area (Å²) in [7, 11) is 0. The zero-order valence-electron chi connectivity index (χ0n) is 15.8. The Balaban J connectivity index is 1.32. The molecule has 27 heavy (non-hydrogen) atoms. The van der Waals surface area contributed by atoms with Gasteiger partial charge in [0.15, 0.2) is 0 Å². The number of nitrogens with one attached hydrogen (secondary N) is 2. The summed E-state index contributed by atoms with van der Waals surface area (Å²) in [6, 6.07) is 14.5. The predicted octanol–water partition coefficient (Wildman–Crippen LogP) is 2.48. The molecule has 0 aromatic heterocycles. The van der Waals surface area contributed by atoms with Gasteiger partial charge in [-0.2, -0.15) is 0 Å². The number of ether oxygens (including phenoxy) is 1. The Morgan fingerprint density at radius 3 is 2.78 bits per heavy atom. The molecule has 2 heterocycles. The molecule has 1 fully saturated rings. The van der Waals surface area contributed by atoms with Crippen LogP contribution in [-0.2, 0) is 29.0 Å². The van der Waals surface area contributed by atoms with Crippen molar-refractivity contribution in [2.75, 3.05) is 31.6 Å². The SMILES string of the molecule is Cc1cccc2c1NC(C(=O)NCc1cccc(CN3CCOCC3)c1)C2. The highest BCUT2D eigenvalue weighted by atomic mass is 16.5. The van der Waals surface area contributed by atoms with E-state index in [1.165, 1.54) is 16.7 Å². The van der Waals surface area contributed by atoms with E-state index < -0.39 is 0 Å². The lowest BCUT2D eigenvalue weighted by Gasteiger charge is -2.26. The molecule has 0 radical (unpaired) electrons. The van der Waals surface area contributed by atoms with E-state index in [1.54, 1.807) is 0 Å². The van der Waals surface area contributed by atoms with Crippen LogP contribution in [0.4, 0.5) is 5.69 Å². The molecule has 2 aromatic carbocycles. The highest BCUT2D eigenvalue weighted by molar-refractivity contribution is 5.87. The molecule has 2 aliphatic heterocycles. The van der Waals surface area contributed by atoms with Crippen LogP contribution in [0.2, 0.25) is 0 Å². The van der Waals surface area contributed by atoms with E-state index in [0.29, 0.717) is 6.54 Å². The lowest BCUT2D eigenvalue weighted by Crippen LogP contribution is -2.38. The number of nitrogens with zero attached hydrogens (tertiary/aromatic N) is 1. The molecule has 2 N–H and O–H groups in total. The number of fused-ring (bicyclic) bond motifs is 1. The highest BCUT2D eigenvalue weighted by Crippen LogP contribution is 2.29. The smallest absolute Gasteiger partial charge is 0.243 e. The first kappa shape index (κ1) is 18.0. The maximum absolute atomic E-state index is 12.6. The van der Waals surface area contributed by atoms with Gasteiger partial charge in [-0.15, -0.1) is 0 Å². The number of para-hydroxylation sites is 1. The van der Waals surface area contributed by atoms with Crippen molar-refractivity contribution >= 4 is 11.6 Å². The third-order valence-corrected chi connectivity index (χ3v) is 5.39. The Kier molecular flexibility index (Phi) is 5.41. The van der Waals surface area contributed by atoms with Crippen LogP contribution in [0.5, 0.6) is 0 Å². The number of anilines is 1. The zero-order valence-corrected chi connectivity index (χ0v) is 15.8. The number of rotatable bonds is 5. The molecule has 1 atom stereocenters. The number of hydrogen-bond donors (Lipinski definition) is 2. The molecule has 142 valence electrons. The molecule has 1 unspecified atom stereocenters. The Bertz CT molecular complexity index is 815. The van der Waals surface area contributed by atoms with Crippen molar-refractivity contribution < 1.29 is 9.53 Å². The number of aryl methyl sites for hydroxylation is 1. The van der Waals surface area contributed by atoms with Crippen molar-refractivity contribution in [1.29, 1.82) is 0 Å². The topological polar surface area (TPSA) is 53.6 Å². The summed E-state index contributed by atoms with van der Waals surface area (Å²) in [5.74, 6) is 0.0594. The normalized spacial score (nSPS) is 19.4. The molecule has 4 rings (SSSR count). The summed E-state index contributed by atoms with van der Waals surface area (Å²) < 4.78 is 5.41. The number of morpholine rings is 1. The highest BCUT2D eigenvalue weighted by Gasteiger charge is 2.27. The van der Waals surface area contributed by atoms with Crippen LogP contribution >= 0.6 is 0 Å². The Hall–Kier alpha value is -2.37. The summed E-state index contributed by atoms with van der Waals surface area (Å²) in [4.78, 5) is 15.0. The van der Waals surface area contributed by atoms with Crippen molar-refractivity contribution in [3.63, 3.8) is 0 Å². The van der Waals surface area contributed by atoms with Crippen LogP contribution in [0.1, 0.15) is 22.3 Å². The summed E-state index contributed by atoms with van der Waals surface area (Å²) in [5, 5.41) is 6.46. The summed E-state index contributed by atoms with van der Waals surface area (Å²) in [6.07, 6.45) is 0.750. The van der Waals surface area contributed by atoms with Crippen LogP contribution in [0.3, 0.4) is 0 Å². The number of carbonyl (C=O) groups is 1. The van der Waals surface area contributed by atoms with Gasteiger partial charge in [0, 0.05) is 38.3 Å². The third kappa shape index (κ3) is 4.31. The van der Waals surface area contributed by atoms with Gasteiger partial charge in [0.25, 0.3) is 0 Å². The minimum absolute atomic E-state index is 0.0594. The lowest BCUT2D eigenvalue weighted by molar-refractivity contribution is -0.121. The van der Waals surface area contributed by atoms with Crippen molar-refractivity contribution in [3.05, 3.63) is 64.7 Å². The van der Waals surface area contributed by atoms with Crippen LogP contribution in [0.25, 0.3) is 0 Å². The van der Waals surface area contributed by atoms with Crippen LogP contribution in [0, 0.1) is 6.92 Å². The molecule has 1 saturated heterocycles. The quantitative estimate of drug-likeness (QED) is 0.855. The van der Waals surface area contributed by atoms with E-state index in [4.69, 9.17) is 4.74 Å².